The number of carbonyl (C=O) groups is 1. The average Bonchev–Trinajstić information content (AvgIpc) is 2.90. The molecule has 0 amide bonds. The van der Waals surface area contributed by atoms with E-state index < -0.39 is 0 Å². The third-order valence-corrected chi connectivity index (χ3v) is 6.17. The number of thioether (sulfide) groups is 1. The van der Waals surface area contributed by atoms with Crippen LogP contribution in [0, 0.1) is 0 Å². The number of ketones is 1. The highest BCUT2D eigenvalue weighted by Crippen LogP contribution is 2.57. The molecule has 4 rings (SSSR count). The van der Waals surface area contributed by atoms with E-state index in [0.29, 0.717) is 17.5 Å². The van der Waals surface area contributed by atoms with E-state index in [4.69, 9.17) is 0 Å². The maximum Gasteiger partial charge on any atom is 0.163 e. The van der Waals surface area contributed by atoms with E-state index in [2.05, 4.69) is 44.2 Å². The molecule has 19 heavy (non-hydrogen) atoms. The van der Waals surface area contributed by atoms with Crippen molar-refractivity contribution in [3.63, 3.8) is 0 Å². The summed E-state index contributed by atoms with van der Waals surface area (Å²) in [4.78, 5) is 13.6. The number of rotatable bonds is 0. The molecule has 0 N–H and O–H groups in total. The molecule has 1 heterocycles. The summed E-state index contributed by atoms with van der Waals surface area (Å²) >= 11 is 1.94. The molecule has 96 valence electrons. The fourth-order valence-electron chi connectivity index (χ4n) is 3.93. The predicted octanol–water partition coefficient (Wildman–Crippen LogP) is 4.09. The van der Waals surface area contributed by atoms with Crippen LogP contribution in [0.1, 0.15) is 37.8 Å². The summed E-state index contributed by atoms with van der Waals surface area (Å²) < 4.78 is 0. The molecular weight excluding hydrogens is 252 g/mol. The van der Waals surface area contributed by atoms with Crippen molar-refractivity contribution in [2.24, 2.45) is 0 Å². The van der Waals surface area contributed by atoms with Crippen LogP contribution in [-0.4, -0.2) is 11.0 Å². The number of benzene rings is 1. The molecule has 2 atom stereocenters. The zero-order valence-corrected chi connectivity index (χ0v) is 12.0. The van der Waals surface area contributed by atoms with Crippen LogP contribution in [0.5, 0.6) is 0 Å². The molecule has 1 aromatic rings. The minimum atomic E-state index is 0.0643. The largest absolute Gasteiger partial charge is 0.294 e. The normalized spacial score (nSPS) is 32.0. The monoisotopic (exact) mass is 268 g/mol. The van der Waals surface area contributed by atoms with Gasteiger partial charge in [-0.1, -0.05) is 37.3 Å². The second kappa shape index (κ2) is 3.63. The first-order chi connectivity index (χ1) is 9.11. The third-order valence-electron chi connectivity index (χ3n) is 4.67. The SMILES string of the molecule is CC1=C[C@]2(C)c3ccccc3C3=C(CCC3=O)[C@@H]2S1. The summed E-state index contributed by atoms with van der Waals surface area (Å²) in [5, 5.41) is 0.434. The van der Waals surface area contributed by atoms with E-state index >= 15 is 0 Å². The van der Waals surface area contributed by atoms with E-state index in [1.807, 2.05) is 11.8 Å². The second-order valence-electron chi connectivity index (χ2n) is 5.90. The Kier molecular flexibility index (Phi) is 2.21. The van der Waals surface area contributed by atoms with Gasteiger partial charge in [0.1, 0.15) is 0 Å². The van der Waals surface area contributed by atoms with Crippen molar-refractivity contribution in [1.82, 2.24) is 0 Å². The lowest BCUT2D eigenvalue weighted by atomic mass is 9.69. The van der Waals surface area contributed by atoms with Gasteiger partial charge in [0.2, 0.25) is 0 Å². The Hall–Kier alpha value is -1.28. The van der Waals surface area contributed by atoms with Crippen molar-refractivity contribution in [3.05, 3.63) is 51.9 Å². The molecule has 0 radical (unpaired) electrons. The fourth-order valence-corrected chi connectivity index (χ4v) is 5.43. The molecule has 0 saturated carbocycles. The van der Waals surface area contributed by atoms with Crippen LogP contribution >= 0.6 is 11.8 Å². The quantitative estimate of drug-likeness (QED) is 0.705. The molecule has 2 aliphatic carbocycles. The van der Waals surface area contributed by atoms with Crippen molar-refractivity contribution < 1.29 is 4.79 Å². The molecule has 0 unspecified atom stereocenters. The van der Waals surface area contributed by atoms with E-state index in [9.17, 15) is 4.79 Å². The van der Waals surface area contributed by atoms with Crippen LogP contribution in [0.15, 0.2) is 40.8 Å². The molecule has 0 saturated heterocycles. The Morgan fingerprint density at radius 1 is 1.26 bits per heavy atom. The molecule has 1 aliphatic heterocycles. The molecular formula is C17H16OS. The van der Waals surface area contributed by atoms with Crippen LogP contribution in [0.3, 0.4) is 0 Å². The van der Waals surface area contributed by atoms with Crippen LogP contribution in [0.25, 0.3) is 5.57 Å². The molecule has 3 aliphatic rings. The molecule has 0 bridgehead atoms. The van der Waals surface area contributed by atoms with E-state index in [0.717, 1.165) is 12.0 Å². The van der Waals surface area contributed by atoms with Gasteiger partial charge < -0.3 is 0 Å². The Morgan fingerprint density at radius 3 is 2.89 bits per heavy atom. The highest BCUT2D eigenvalue weighted by atomic mass is 32.2. The average molecular weight is 268 g/mol. The molecule has 0 spiro atoms. The number of hydrogen-bond acceptors (Lipinski definition) is 2. The van der Waals surface area contributed by atoms with Gasteiger partial charge >= 0.3 is 0 Å². The van der Waals surface area contributed by atoms with E-state index in [-0.39, 0.29) is 5.41 Å². The van der Waals surface area contributed by atoms with Crippen molar-refractivity contribution in [2.75, 3.05) is 0 Å². The van der Waals surface area contributed by atoms with Crippen LogP contribution < -0.4 is 0 Å². The Labute approximate surface area is 117 Å². The topological polar surface area (TPSA) is 17.1 Å². The van der Waals surface area contributed by atoms with Crippen LogP contribution in [-0.2, 0) is 10.2 Å². The summed E-state index contributed by atoms with van der Waals surface area (Å²) in [6.07, 6.45) is 4.05. The maximum atomic E-state index is 12.3. The minimum Gasteiger partial charge on any atom is -0.294 e. The van der Waals surface area contributed by atoms with Gasteiger partial charge in [-0.15, -0.1) is 11.8 Å². The van der Waals surface area contributed by atoms with Gasteiger partial charge in [0.25, 0.3) is 0 Å². The molecule has 0 aromatic heterocycles. The zero-order valence-electron chi connectivity index (χ0n) is 11.2. The van der Waals surface area contributed by atoms with Crippen LogP contribution in [0.2, 0.25) is 0 Å². The fraction of sp³-hybridized carbons (Fsp3) is 0.353. The molecule has 2 heteroatoms. The Balaban J connectivity index is 2.06. The zero-order chi connectivity index (χ0) is 13.2. The van der Waals surface area contributed by atoms with E-state index in [1.165, 1.54) is 21.6 Å². The highest BCUT2D eigenvalue weighted by Gasteiger charge is 2.49. The van der Waals surface area contributed by atoms with Crippen molar-refractivity contribution >= 4 is 23.1 Å². The first-order valence-electron chi connectivity index (χ1n) is 6.83. The van der Waals surface area contributed by atoms with Gasteiger partial charge in [-0.25, -0.2) is 0 Å². The summed E-state index contributed by atoms with van der Waals surface area (Å²) in [6, 6.07) is 8.48. The number of fused-ring (bicyclic) bond motifs is 5. The van der Waals surface area contributed by atoms with Gasteiger partial charge in [-0.3, -0.25) is 4.79 Å². The lowest BCUT2D eigenvalue weighted by Crippen LogP contribution is -2.35. The second-order valence-corrected chi connectivity index (χ2v) is 7.26. The summed E-state index contributed by atoms with van der Waals surface area (Å²) in [5.41, 5.74) is 5.01. The van der Waals surface area contributed by atoms with Gasteiger partial charge in [-0.05, 0) is 34.9 Å². The van der Waals surface area contributed by atoms with Crippen molar-refractivity contribution in [2.45, 2.75) is 37.4 Å². The number of allylic oxidation sites excluding steroid dienone is 3. The molecule has 0 fully saturated rings. The van der Waals surface area contributed by atoms with Gasteiger partial charge in [-0.2, -0.15) is 0 Å². The maximum absolute atomic E-state index is 12.3. The number of carbonyl (C=O) groups excluding carboxylic acids is 1. The molecule has 1 nitrogen and oxygen atoms in total. The highest BCUT2D eigenvalue weighted by molar-refractivity contribution is 8.04. The lowest BCUT2D eigenvalue weighted by molar-refractivity contribution is -0.113. The number of Topliss-reactive ketones (excluding diaryl/α,β-unsaturated/α-hetero) is 1. The molecule has 1 aromatic carbocycles. The van der Waals surface area contributed by atoms with Gasteiger partial charge in [0.05, 0.1) is 0 Å². The first kappa shape index (κ1) is 11.5. The Bertz CT molecular complexity index is 668. The summed E-state index contributed by atoms with van der Waals surface area (Å²) in [6.45, 7) is 4.51. The minimum absolute atomic E-state index is 0.0643. The van der Waals surface area contributed by atoms with Crippen molar-refractivity contribution in [1.29, 1.82) is 0 Å². The smallest absolute Gasteiger partial charge is 0.163 e. The lowest BCUT2D eigenvalue weighted by Gasteiger charge is -2.37. The van der Waals surface area contributed by atoms with E-state index in [1.54, 1.807) is 0 Å². The third kappa shape index (κ3) is 1.35. The standard InChI is InChI=1S/C17H16OS/c1-10-9-17(2)13-6-4-3-5-11(13)15-12(16(17)19-10)7-8-14(15)18/h3-6,9,16H,7-8H2,1-2H3/t16-,17+/m0/s1. The van der Waals surface area contributed by atoms with Crippen LogP contribution in [0.4, 0.5) is 0 Å². The Morgan fingerprint density at radius 2 is 2.05 bits per heavy atom. The first-order valence-corrected chi connectivity index (χ1v) is 7.71. The summed E-state index contributed by atoms with van der Waals surface area (Å²) in [7, 11) is 0. The van der Waals surface area contributed by atoms with Crippen molar-refractivity contribution in [3.8, 4) is 0 Å². The number of hydrogen-bond donors (Lipinski definition) is 0. The summed E-state index contributed by atoms with van der Waals surface area (Å²) in [5.74, 6) is 0.342. The van der Waals surface area contributed by atoms with Gasteiger partial charge in [0.15, 0.2) is 5.78 Å². The van der Waals surface area contributed by atoms with Gasteiger partial charge in [0, 0.05) is 22.7 Å². The predicted molar refractivity (Wildman–Crippen MR) is 80.1 cm³/mol.